The molecule has 0 atom stereocenters. The number of aromatic nitrogens is 2. The van der Waals surface area contributed by atoms with E-state index in [1.165, 1.54) is 4.88 Å². The first-order valence-corrected chi connectivity index (χ1v) is 7.29. The Morgan fingerprint density at radius 3 is 2.53 bits per heavy atom. The first-order valence-electron chi connectivity index (χ1n) is 6.41. The summed E-state index contributed by atoms with van der Waals surface area (Å²) < 4.78 is 5.35. The smallest absolute Gasteiger partial charge is 0.232 e. The first-order chi connectivity index (χ1) is 8.79. The van der Waals surface area contributed by atoms with Gasteiger partial charge in [0.25, 0.3) is 0 Å². The summed E-state index contributed by atoms with van der Waals surface area (Å²) in [5.74, 6) is 1.38. The van der Waals surface area contributed by atoms with Crippen molar-refractivity contribution in [2.45, 2.75) is 52.1 Å². The lowest BCUT2D eigenvalue weighted by molar-refractivity contribution is 0.305. The number of rotatable bonds is 4. The molecular formula is C14H21N3OS. The Morgan fingerprint density at radius 1 is 1.26 bits per heavy atom. The number of hydrogen-bond donors (Lipinski definition) is 1. The highest BCUT2D eigenvalue weighted by molar-refractivity contribution is 7.09. The van der Waals surface area contributed by atoms with Gasteiger partial charge in [0, 0.05) is 16.8 Å². The zero-order chi connectivity index (χ0) is 14.1. The molecule has 0 aliphatic heterocycles. The van der Waals surface area contributed by atoms with Crippen LogP contribution in [-0.4, -0.2) is 10.1 Å². The quantitative estimate of drug-likeness (QED) is 0.931. The largest absolute Gasteiger partial charge is 0.339 e. The lowest BCUT2D eigenvalue weighted by Crippen LogP contribution is -2.37. The highest BCUT2D eigenvalue weighted by atomic mass is 32.1. The minimum Gasteiger partial charge on any atom is -0.339 e. The number of hydrogen-bond acceptors (Lipinski definition) is 5. The molecule has 0 spiro atoms. The molecule has 0 amide bonds. The molecule has 2 aromatic heterocycles. The average molecular weight is 279 g/mol. The van der Waals surface area contributed by atoms with Crippen molar-refractivity contribution in [3.8, 4) is 0 Å². The maximum Gasteiger partial charge on any atom is 0.232 e. The highest BCUT2D eigenvalue weighted by Gasteiger charge is 2.29. The van der Waals surface area contributed by atoms with E-state index in [4.69, 9.17) is 4.52 Å². The Hall–Kier alpha value is -1.20. The van der Waals surface area contributed by atoms with E-state index < -0.39 is 0 Å². The second-order valence-corrected chi connectivity index (χ2v) is 7.26. The van der Waals surface area contributed by atoms with E-state index in [1.54, 1.807) is 11.3 Å². The van der Waals surface area contributed by atoms with Gasteiger partial charge in [-0.1, -0.05) is 32.0 Å². The minimum atomic E-state index is -0.309. The average Bonchev–Trinajstić information content (AvgIpc) is 2.97. The Bertz CT molecular complexity index is 523. The third-order valence-electron chi connectivity index (χ3n) is 2.91. The van der Waals surface area contributed by atoms with Crippen molar-refractivity contribution in [2.75, 3.05) is 0 Å². The monoisotopic (exact) mass is 279 g/mol. The van der Waals surface area contributed by atoms with E-state index in [2.05, 4.69) is 67.6 Å². The van der Waals surface area contributed by atoms with Gasteiger partial charge in [0.05, 0.1) is 5.54 Å². The van der Waals surface area contributed by atoms with Crippen LogP contribution in [0, 0.1) is 0 Å². The summed E-state index contributed by atoms with van der Waals surface area (Å²) in [6.45, 7) is 11.1. The van der Waals surface area contributed by atoms with Crippen LogP contribution in [0.4, 0.5) is 0 Å². The summed E-state index contributed by atoms with van der Waals surface area (Å²) in [6, 6.07) is 4.17. The van der Waals surface area contributed by atoms with Crippen LogP contribution in [0.5, 0.6) is 0 Å². The van der Waals surface area contributed by atoms with Gasteiger partial charge in [-0.05, 0) is 25.3 Å². The molecule has 4 nitrogen and oxygen atoms in total. The summed E-state index contributed by atoms with van der Waals surface area (Å²) in [6.07, 6.45) is 0. The van der Waals surface area contributed by atoms with Crippen molar-refractivity contribution in [1.29, 1.82) is 0 Å². The summed E-state index contributed by atoms with van der Waals surface area (Å²) in [5.41, 5.74) is -0.425. The molecule has 0 aliphatic rings. The molecule has 0 aromatic carbocycles. The van der Waals surface area contributed by atoms with Gasteiger partial charge >= 0.3 is 0 Å². The molecular weight excluding hydrogens is 258 g/mol. The molecule has 0 aliphatic carbocycles. The molecule has 0 bridgehead atoms. The van der Waals surface area contributed by atoms with Crippen LogP contribution in [-0.2, 0) is 17.5 Å². The molecule has 2 rings (SSSR count). The maximum absolute atomic E-state index is 5.35. The Balaban J connectivity index is 2.08. The van der Waals surface area contributed by atoms with Gasteiger partial charge in [0.2, 0.25) is 5.89 Å². The highest BCUT2D eigenvalue weighted by Crippen LogP contribution is 2.24. The van der Waals surface area contributed by atoms with Crippen LogP contribution in [0.15, 0.2) is 22.0 Å². The number of nitrogens with zero attached hydrogens (tertiary/aromatic N) is 2. The normalized spacial score (nSPS) is 12.9. The molecule has 0 saturated carbocycles. The van der Waals surface area contributed by atoms with Crippen molar-refractivity contribution in [3.63, 3.8) is 0 Å². The van der Waals surface area contributed by atoms with Crippen LogP contribution in [0.25, 0.3) is 0 Å². The van der Waals surface area contributed by atoms with Crippen LogP contribution in [0.2, 0.25) is 0 Å². The van der Waals surface area contributed by atoms with Gasteiger partial charge < -0.3 is 9.84 Å². The van der Waals surface area contributed by atoms with Gasteiger partial charge in [-0.2, -0.15) is 4.98 Å². The fraction of sp³-hybridized carbons (Fsp3) is 0.571. The lowest BCUT2D eigenvalue weighted by Gasteiger charge is -2.22. The van der Waals surface area contributed by atoms with E-state index in [0.717, 1.165) is 6.54 Å². The van der Waals surface area contributed by atoms with Crippen LogP contribution < -0.4 is 5.32 Å². The van der Waals surface area contributed by atoms with E-state index in [1.807, 2.05) is 0 Å². The topological polar surface area (TPSA) is 51.0 Å². The zero-order valence-corrected chi connectivity index (χ0v) is 13.0. The summed E-state index contributed by atoms with van der Waals surface area (Å²) in [4.78, 5) is 5.81. The van der Waals surface area contributed by atoms with E-state index in [-0.39, 0.29) is 11.0 Å². The second kappa shape index (κ2) is 5.06. The van der Waals surface area contributed by atoms with Crippen LogP contribution in [0.3, 0.4) is 0 Å². The maximum atomic E-state index is 5.35. The predicted molar refractivity (Wildman–Crippen MR) is 77.2 cm³/mol. The molecule has 0 fully saturated rings. The van der Waals surface area contributed by atoms with Gasteiger partial charge in [-0.15, -0.1) is 11.3 Å². The fourth-order valence-electron chi connectivity index (χ4n) is 1.58. The second-order valence-electron chi connectivity index (χ2n) is 6.23. The minimum absolute atomic E-state index is 0.116. The van der Waals surface area contributed by atoms with Crippen molar-refractivity contribution in [2.24, 2.45) is 0 Å². The van der Waals surface area contributed by atoms with Gasteiger partial charge in [0.1, 0.15) is 0 Å². The molecule has 2 heterocycles. The lowest BCUT2D eigenvalue weighted by atomic mass is 9.97. The summed E-state index contributed by atoms with van der Waals surface area (Å²) >= 11 is 1.74. The molecule has 1 N–H and O–H groups in total. The predicted octanol–water partition coefficient (Wildman–Crippen LogP) is 3.45. The number of thiophene rings is 1. The van der Waals surface area contributed by atoms with Gasteiger partial charge in [-0.3, -0.25) is 0 Å². The van der Waals surface area contributed by atoms with Crippen molar-refractivity contribution in [3.05, 3.63) is 34.1 Å². The zero-order valence-electron chi connectivity index (χ0n) is 12.2. The van der Waals surface area contributed by atoms with Gasteiger partial charge in [-0.25, -0.2) is 0 Å². The van der Waals surface area contributed by atoms with Crippen LogP contribution in [0.1, 0.15) is 51.2 Å². The molecule has 0 radical (unpaired) electrons. The Kier molecular flexibility index (Phi) is 3.78. The van der Waals surface area contributed by atoms with E-state index in [0.29, 0.717) is 11.7 Å². The standard InChI is InChI=1S/C14H21N3OS/c1-13(2,3)12-16-11(17-18-12)14(4,5)15-9-10-7-6-8-19-10/h6-8,15H,9H2,1-5H3. The molecule has 0 saturated heterocycles. The first kappa shape index (κ1) is 14.2. The Labute approximate surface area is 118 Å². The van der Waals surface area contributed by atoms with Crippen molar-refractivity contribution >= 4 is 11.3 Å². The van der Waals surface area contributed by atoms with Crippen molar-refractivity contribution in [1.82, 2.24) is 15.5 Å². The molecule has 0 unspecified atom stereocenters. The summed E-state index contributed by atoms with van der Waals surface area (Å²) in [5, 5.41) is 9.66. The van der Waals surface area contributed by atoms with Crippen molar-refractivity contribution < 1.29 is 4.52 Å². The molecule has 104 valence electrons. The van der Waals surface area contributed by atoms with Gasteiger partial charge in [0.15, 0.2) is 5.82 Å². The van der Waals surface area contributed by atoms with E-state index in [9.17, 15) is 0 Å². The Morgan fingerprint density at radius 2 is 2.00 bits per heavy atom. The summed E-state index contributed by atoms with van der Waals surface area (Å²) in [7, 11) is 0. The van der Waals surface area contributed by atoms with E-state index >= 15 is 0 Å². The molecule has 2 aromatic rings. The fourth-order valence-corrected chi connectivity index (χ4v) is 2.23. The SMILES string of the molecule is CC(C)(C)c1nc(C(C)(C)NCc2cccs2)no1. The van der Waals surface area contributed by atoms with Crippen LogP contribution >= 0.6 is 11.3 Å². The number of nitrogens with one attached hydrogen (secondary N) is 1. The molecule has 5 heteroatoms. The third kappa shape index (κ3) is 3.42. The molecule has 19 heavy (non-hydrogen) atoms. The third-order valence-corrected chi connectivity index (χ3v) is 3.79.